The van der Waals surface area contributed by atoms with Gasteiger partial charge in [0.1, 0.15) is 5.75 Å². The lowest BCUT2D eigenvalue weighted by molar-refractivity contribution is -0.122. The minimum Gasteiger partial charge on any atom is -0.496 e. The second kappa shape index (κ2) is 10.8. The summed E-state index contributed by atoms with van der Waals surface area (Å²) in [6, 6.07) is 6.71. The molecule has 1 aliphatic heterocycles. The summed E-state index contributed by atoms with van der Waals surface area (Å²) in [5, 5.41) is 9.57. The number of aliphatic imine (C=N–C) groups is 1. The number of hydrogen-bond acceptors (Lipinski definition) is 4. The zero-order valence-corrected chi connectivity index (χ0v) is 17.0. The molecule has 0 aromatic heterocycles. The van der Waals surface area contributed by atoms with Crippen molar-refractivity contribution in [1.82, 2.24) is 20.9 Å². The Morgan fingerprint density at radius 3 is 2.70 bits per heavy atom. The predicted octanol–water partition coefficient (Wildman–Crippen LogP) is 0.922. The van der Waals surface area contributed by atoms with E-state index in [0.29, 0.717) is 12.6 Å². The quantitative estimate of drug-likeness (QED) is 0.488. The van der Waals surface area contributed by atoms with Gasteiger partial charge >= 0.3 is 0 Å². The van der Waals surface area contributed by atoms with E-state index in [0.717, 1.165) is 56.2 Å². The van der Waals surface area contributed by atoms with Crippen LogP contribution in [0.5, 0.6) is 5.75 Å². The van der Waals surface area contributed by atoms with E-state index in [2.05, 4.69) is 44.0 Å². The number of rotatable bonds is 7. The maximum Gasteiger partial charge on any atom is 0.233 e. The molecule has 0 aliphatic carbocycles. The summed E-state index contributed by atoms with van der Waals surface area (Å²) >= 11 is 0. The highest BCUT2D eigenvalue weighted by Gasteiger charge is 2.21. The highest BCUT2D eigenvalue weighted by Crippen LogP contribution is 2.19. The van der Waals surface area contributed by atoms with Gasteiger partial charge in [0.05, 0.1) is 13.7 Å². The number of amides is 1. The highest BCUT2D eigenvalue weighted by molar-refractivity contribution is 5.80. The molecule has 2 rings (SSSR count). The monoisotopic (exact) mass is 375 g/mol. The third-order valence-electron chi connectivity index (χ3n) is 4.98. The number of piperidine rings is 1. The number of aryl methyl sites for hydroxylation is 1. The Morgan fingerprint density at radius 1 is 1.33 bits per heavy atom. The van der Waals surface area contributed by atoms with Gasteiger partial charge in [-0.05, 0) is 43.4 Å². The smallest absolute Gasteiger partial charge is 0.233 e. The van der Waals surface area contributed by atoms with Gasteiger partial charge in [0, 0.05) is 39.8 Å². The van der Waals surface area contributed by atoms with Gasteiger partial charge in [0.25, 0.3) is 0 Å². The highest BCUT2D eigenvalue weighted by atomic mass is 16.5. The second-order valence-corrected chi connectivity index (χ2v) is 6.92. The van der Waals surface area contributed by atoms with Crippen molar-refractivity contribution >= 4 is 11.9 Å². The number of guanidine groups is 1. The van der Waals surface area contributed by atoms with Gasteiger partial charge in [0.2, 0.25) is 5.91 Å². The molecular formula is C20H33N5O2. The Hall–Kier alpha value is -2.28. The molecule has 7 nitrogen and oxygen atoms in total. The van der Waals surface area contributed by atoms with Crippen LogP contribution in [0, 0.1) is 6.92 Å². The van der Waals surface area contributed by atoms with E-state index in [9.17, 15) is 4.79 Å². The lowest BCUT2D eigenvalue weighted by atomic mass is 10.1. The molecule has 1 saturated heterocycles. The second-order valence-electron chi connectivity index (χ2n) is 6.92. The van der Waals surface area contributed by atoms with E-state index >= 15 is 0 Å². The normalized spacial score (nSPS) is 16.1. The van der Waals surface area contributed by atoms with Gasteiger partial charge in [-0.3, -0.25) is 14.7 Å². The summed E-state index contributed by atoms with van der Waals surface area (Å²) in [7, 11) is 5.18. The predicted molar refractivity (Wildman–Crippen MR) is 109 cm³/mol. The molecule has 1 aromatic carbocycles. The molecule has 3 N–H and O–H groups in total. The van der Waals surface area contributed by atoms with Gasteiger partial charge < -0.3 is 20.7 Å². The van der Waals surface area contributed by atoms with Crippen LogP contribution in [0.3, 0.4) is 0 Å². The molecule has 0 saturated carbocycles. The van der Waals surface area contributed by atoms with Gasteiger partial charge in [-0.15, -0.1) is 0 Å². The van der Waals surface area contributed by atoms with Crippen molar-refractivity contribution in [3.8, 4) is 5.75 Å². The molecule has 150 valence electrons. The minimum absolute atomic E-state index is 0.0756. The SMILES string of the molecule is CN=C(NCCc1ccc(C)c(OC)c1)NC1CCN(CC(=O)NC)CC1. The van der Waals surface area contributed by atoms with Crippen LogP contribution in [0.15, 0.2) is 23.2 Å². The van der Waals surface area contributed by atoms with Crippen LogP contribution in [-0.4, -0.2) is 70.2 Å². The van der Waals surface area contributed by atoms with Gasteiger partial charge in [-0.1, -0.05) is 12.1 Å². The van der Waals surface area contributed by atoms with Crippen LogP contribution in [0.2, 0.25) is 0 Å². The lowest BCUT2D eigenvalue weighted by Crippen LogP contribution is -2.50. The van der Waals surface area contributed by atoms with E-state index in [1.54, 1.807) is 21.2 Å². The number of likely N-dealkylation sites (tertiary alicyclic amines) is 1. The number of nitrogens with one attached hydrogen (secondary N) is 3. The van der Waals surface area contributed by atoms with E-state index in [4.69, 9.17) is 4.74 Å². The summed E-state index contributed by atoms with van der Waals surface area (Å²) in [5.74, 6) is 1.84. The number of ether oxygens (including phenoxy) is 1. The van der Waals surface area contributed by atoms with Crippen LogP contribution in [-0.2, 0) is 11.2 Å². The van der Waals surface area contributed by atoms with Crippen molar-refractivity contribution in [2.75, 3.05) is 47.4 Å². The standard InChI is InChI=1S/C20H33N5O2/c1-15-5-6-16(13-18(15)27-4)7-10-23-20(22-3)24-17-8-11-25(12-9-17)14-19(26)21-2/h5-6,13,17H,7-12,14H2,1-4H3,(H,21,26)(H2,22,23,24). The van der Waals surface area contributed by atoms with Crippen LogP contribution in [0.25, 0.3) is 0 Å². The fourth-order valence-electron chi connectivity index (χ4n) is 3.25. The average Bonchev–Trinajstić information content (AvgIpc) is 2.69. The van der Waals surface area contributed by atoms with Crippen molar-refractivity contribution in [3.63, 3.8) is 0 Å². The number of methoxy groups -OCH3 is 1. The number of likely N-dealkylation sites (N-methyl/N-ethyl adjacent to an activating group) is 1. The third-order valence-corrected chi connectivity index (χ3v) is 4.98. The van der Waals surface area contributed by atoms with E-state index in [-0.39, 0.29) is 5.91 Å². The molecule has 7 heteroatoms. The third kappa shape index (κ3) is 6.75. The molecule has 0 unspecified atom stereocenters. The molecule has 0 radical (unpaired) electrons. The molecule has 0 atom stereocenters. The average molecular weight is 376 g/mol. The number of nitrogens with zero attached hydrogens (tertiary/aromatic N) is 2. The molecule has 1 aliphatic rings. The Morgan fingerprint density at radius 2 is 2.07 bits per heavy atom. The largest absolute Gasteiger partial charge is 0.496 e. The minimum atomic E-state index is 0.0756. The molecule has 1 aromatic rings. The van der Waals surface area contributed by atoms with Crippen molar-refractivity contribution in [2.24, 2.45) is 4.99 Å². The summed E-state index contributed by atoms with van der Waals surface area (Å²) in [6.07, 6.45) is 2.92. The van der Waals surface area contributed by atoms with E-state index < -0.39 is 0 Å². The van der Waals surface area contributed by atoms with Crippen LogP contribution in [0.4, 0.5) is 0 Å². The Kier molecular flexibility index (Phi) is 8.39. The zero-order valence-electron chi connectivity index (χ0n) is 17.0. The molecule has 0 bridgehead atoms. The summed E-state index contributed by atoms with van der Waals surface area (Å²) < 4.78 is 5.39. The topological polar surface area (TPSA) is 78.0 Å². The van der Waals surface area contributed by atoms with E-state index in [1.165, 1.54) is 5.56 Å². The number of hydrogen-bond donors (Lipinski definition) is 3. The molecule has 1 heterocycles. The lowest BCUT2D eigenvalue weighted by Gasteiger charge is -2.32. The maximum absolute atomic E-state index is 11.5. The molecule has 0 spiro atoms. The van der Waals surface area contributed by atoms with Crippen LogP contribution >= 0.6 is 0 Å². The van der Waals surface area contributed by atoms with Crippen LogP contribution in [0.1, 0.15) is 24.0 Å². The number of benzene rings is 1. The molecule has 1 amide bonds. The van der Waals surface area contributed by atoms with Crippen molar-refractivity contribution in [3.05, 3.63) is 29.3 Å². The van der Waals surface area contributed by atoms with Crippen molar-refractivity contribution in [2.45, 2.75) is 32.2 Å². The molecular weight excluding hydrogens is 342 g/mol. The van der Waals surface area contributed by atoms with Gasteiger partial charge in [0.15, 0.2) is 5.96 Å². The van der Waals surface area contributed by atoms with Crippen molar-refractivity contribution in [1.29, 1.82) is 0 Å². The fourth-order valence-corrected chi connectivity index (χ4v) is 3.25. The van der Waals surface area contributed by atoms with E-state index in [1.807, 2.05) is 6.92 Å². The zero-order chi connectivity index (χ0) is 19.6. The summed E-state index contributed by atoms with van der Waals surface area (Å²) in [6.45, 7) is 5.18. The maximum atomic E-state index is 11.5. The first kappa shape index (κ1) is 21.0. The summed E-state index contributed by atoms with van der Waals surface area (Å²) in [4.78, 5) is 18.0. The number of carbonyl (C=O) groups is 1. The van der Waals surface area contributed by atoms with Gasteiger partial charge in [-0.2, -0.15) is 0 Å². The Bertz CT molecular complexity index is 639. The first-order chi connectivity index (χ1) is 13.0. The molecule has 1 fully saturated rings. The fraction of sp³-hybridized carbons (Fsp3) is 0.600. The summed E-state index contributed by atoms with van der Waals surface area (Å²) in [5.41, 5.74) is 2.39. The first-order valence-electron chi connectivity index (χ1n) is 9.59. The van der Waals surface area contributed by atoms with Crippen LogP contribution < -0.4 is 20.7 Å². The van der Waals surface area contributed by atoms with Crippen molar-refractivity contribution < 1.29 is 9.53 Å². The Labute approximate surface area is 162 Å². The number of carbonyl (C=O) groups excluding carboxylic acids is 1. The molecule has 27 heavy (non-hydrogen) atoms. The van der Waals surface area contributed by atoms with Gasteiger partial charge in [-0.25, -0.2) is 0 Å². The Balaban J connectivity index is 1.73. The first-order valence-corrected chi connectivity index (χ1v) is 9.59.